The molecule has 2 aromatic rings. The Morgan fingerprint density at radius 3 is 2.38 bits per heavy atom. The van der Waals surface area contributed by atoms with Gasteiger partial charge < -0.3 is 14.8 Å². The number of pyridine rings is 1. The molecule has 1 aliphatic rings. The first-order valence-corrected chi connectivity index (χ1v) is 7.52. The highest BCUT2D eigenvalue weighted by molar-refractivity contribution is 6.00. The number of hydrogen-bond donors (Lipinski definition) is 1. The van der Waals surface area contributed by atoms with Crippen molar-refractivity contribution < 1.29 is 9.47 Å². The van der Waals surface area contributed by atoms with Gasteiger partial charge in [0.2, 0.25) is 0 Å². The number of methoxy groups -OCH3 is 2. The quantitative estimate of drug-likeness (QED) is 0.924. The van der Waals surface area contributed by atoms with Crippen LogP contribution in [0.5, 0.6) is 11.5 Å². The number of nitrogens with zero attached hydrogens (tertiary/aromatic N) is 1. The Kier molecular flexibility index (Phi) is 3.86. The summed E-state index contributed by atoms with van der Waals surface area (Å²) in [5.41, 5.74) is 3.10. The first-order valence-electron chi connectivity index (χ1n) is 7.52. The second-order valence-electron chi connectivity index (χ2n) is 5.52. The highest BCUT2D eigenvalue weighted by Gasteiger charge is 2.22. The zero-order chi connectivity index (χ0) is 14.8. The van der Waals surface area contributed by atoms with Crippen LogP contribution in [0, 0.1) is 0 Å². The van der Waals surface area contributed by atoms with Gasteiger partial charge in [0.1, 0.15) is 17.0 Å². The van der Waals surface area contributed by atoms with Crippen LogP contribution in [-0.4, -0.2) is 26.3 Å². The van der Waals surface area contributed by atoms with Crippen LogP contribution in [0.2, 0.25) is 0 Å². The maximum Gasteiger partial charge on any atom is 0.145 e. The fourth-order valence-corrected chi connectivity index (χ4v) is 3.27. The normalized spacial score (nSPS) is 15.4. The minimum atomic E-state index is 0.567. The van der Waals surface area contributed by atoms with Crippen molar-refractivity contribution in [2.45, 2.75) is 31.6 Å². The number of benzene rings is 1. The maximum atomic E-state index is 5.50. The van der Waals surface area contributed by atoms with E-state index in [9.17, 15) is 0 Å². The molecule has 1 aliphatic carbocycles. The number of ether oxygens (including phenoxy) is 2. The Morgan fingerprint density at radius 1 is 1.10 bits per heavy atom. The van der Waals surface area contributed by atoms with Gasteiger partial charge in [0.25, 0.3) is 0 Å². The molecule has 1 aromatic carbocycles. The third kappa shape index (κ3) is 2.39. The van der Waals surface area contributed by atoms with Crippen molar-refractivity contribution in [3.8, 4) is 11.5 Å². The average Bonchev–Trinajstić information content (AvgIpc) is 3.07. The molecule has 112 valence electrons. The van der Waals surface area contributed by atoms with E-state index >= 15 is 0 Å². The van der Waals surface area contributed by atoms with Crippen molar-refractivity contribution in [3.63, 3.8) is 0 Å². The highest BCUT2D eigenvalue weighted by Crippen LogP contribution is 2.41. The van der Waals surface area contributed by atoms with Crippen molar-refractivity contribution in [2.75, 3.05) is 26.6 Å². The molecule has 21 heavy (non-hydrogen) atoms. The molecule has 0 amide bonds. The van der Waals surface area contributed by atoms with E-state index in [0.29, 0.717) is 5.92 Å². The molecule has 0 saturated heterocycles. The second-order valence-corrected chi connectivity index (χ2v) is 5.52. The fraction of sp³-hybridized carbons (Fsp3) is 0.471. The number of hydrogen-bond acceptors (Lipinski definition) is 4. The molecule has 0 unspecified atom stereocenters. The Balaban J connectivity index is 2.25. The van der Waals surface area contributed by atoms with E-state index in [1.807, 2.05) is 19.2 Å². The Bertz CT molecular complexity index is 649. The first-order chi connectivity index (χ1) is 10.3. The van der Waals surface area contributed by atoms with Gasteiger partial charge in [0.05, 0.1) is 19.6 Å². The zero-order valence-corrected chi connectivity index (χ0v) is 12.9. The van der Waals surface area contributed by atoms with Crippen LogP contribution in [0.15, 0.2) is 18.2 Å². The SMILES string of the molecule is CNc1cc(C2CCCC2)nc2c(OC)ccc(OC)c12. The van der Waals surface area contributed by atoms with E-state index in [1.165, 1.54) is 25.7 Å². The van der Waals surface area contributed by atoms with Crippen molar-refractivity contribution in [3.05, 3.63) is 23.9 Å². The van der Waals surface area contributed by atoms with Crippen LogP contribution < -0.4 is 14.8 Å². The molecule has 1 saturated carbocycles. The second kappa shape index (κ2) is 5.80. The van der Waals surface area contributed by atoms with Crippen LogP contribution in [0.25, 0.3) is 10.9 Å². The number of anilines is 1. The van der Waals surface area contributed by atoms with Gasteiger partial charge in [0.15, 0.2) is 0 Å². The van der Waals surface area contributed by atoms with Gasteiger partial charge in [0, 0.05) is 24.3 Å². The van der Waals surface area contributed by atoms with Gasteiger partial charge in [-0.2, -0.15) is 0 Å². The summed E-state index contributed by atoms with van der Waals surface area (Å²) in [5.74, 6) is 2.18. The molecule has 4 nitrogen and oxygen atoms in total. The molecule has 0 bridgehead atoms. The number of rotatable bonds is 4. The lowest BCUT2D eigenvalue weighted by molar-refractivity contribution is 0.409. The number of fused-ring (bicyclic) bond motifs is 1. The molecule has 0 atom stereocenters. The first kappa shape index (κ1) is 14.0. The van der Waals surface area contributed by atoms with Gasteiger partial charge in [-0.15, -0.1) is 0 Å². The maximum absolute atomic E-state index is 5.50. The third-order valence-electron chi connectivity index (χ3n) is 4.39. The molecule has 0 spiro atoms. The van der Waals surface area contributed by atoms with Crippen LogP contribution in [-0.2, 0) is 0 Å². The van der Waals surface area contributed by atoms with Crippen LogP contribution in [0.1, 0.15) is 37.3 Å². The van der Waals surface area contributed by atoms with E-state index in [-0.39, 0.29) is 0 Å². The predicted molar refractivity (Wildman–Crippen MR) is 85.6 cm³/mol. The van der Waals surface area contributed by atoms with Gasteiger partial charge in [-0.05, 0) is 31.0 Å². The van der Waals surface area contributed by atoms with E-state index in [2.05, 4.69) is 11.4 Å². The number of nitrogens with one attached hydrogen (secondary N) is 1. The molecule has 1 aromatic heterocycles. The van der Waals surface area contributed by atoms with Gasteiger partial charge >= 0.3 is 0 Å². The third-order valence-corrected chi connectivity index (χ3v) is 4.39. The smallest absolute Gasteiger partial charge is 0.145 e. The summed E-state index contributed by atoms with van der Waals surface area (Å²) < 4.78 is 11.0. The summed E-state index contributed by atoms with van der Waals surface area (Å²) in [5, 5.41) is 4.27. The lowest BCUT2D eigenvalue weighted by Gasteiger charge is -2.17. The molecular formula is C17H22N2O2. The molecule has 1 fully saturated rings. The van der Waals surface area contributed by atoms with Crippen LogP contribution >= 0.6 is 0 Å². The number of aromatic nitrogens is 1. The summed E-state index contributed by atoms with van der Waals surface area (Å²) in [7, 11) is 5.31. The van der Waals surface area contributed by atoms with Crippen molar-refractivity contribution >= 4 is 16.6 Å². The van der Waals surface area contributed by atoms with E-state index in [0.717, 1.165) is 33.8 Å². The Hall–Kier alpha value is -1.97. The lowest BCUT2D eigenvalue weighted by Crippen LogP contribution is -2.02. The van der Waals surface area contributed by atoms with E-state index in [4.69, 9.17) is 14.5 Å². The summed E-state index contributed by atoms with van der Waals surface area (Å²) in [6.07, 6.45) is 5.06. The fourth-order valence-electron chi connectivity index (χ4n) is 3.27. The predicted octanol–water partition coefficient (Wildman–Crippen LogP) is 3.95. The van der Waals surface area contributed by atoms with E-state index < -0.39 is 0 Å². The summed E-state index contributed by atoms with van der Waals surface area (Å²) in [4.78, 5) is 4.90. The van der Waals surface area contributed by atoms with Crippen molar-refractivity contribution in [1.29, 1.82) is 0 Å². The molecule has 4 heteroatoms. The average molecular weight is 286 g/mol. The Morgan fingerprint density at radius 2 is 1.76 bits per heavy atom. The molecule has 1 N–H and O–H groups in total. The summed E-state index contributed by atoms with van der Waals surface area (Å²) in [6.45, 7) is 0. The Labute approximate surface area is 125 Å². The van der Waals surface area contributed by atoms with Gasteiger partial charge in [-0.1, -0.05) is 12.8 Å². The zero-order valence-electron chi connectivity index (χ0n) is 12.9. The highest BCUT2D eigenvalue weighted by atomic mass is 16.5. The monoisotopic (exact) mass is 286 g/mol. The van der Waals surface area contributed by atoms with Gasteiger partial charge in [-0.25, -0.2) is 4.98 Å². The minimum Gasteiger partial charge on any atom is -0.496 e. The molecule has 0 radical (unpaired) electrons. The molecular weight excluding hydrogens is 264 g/mol. The summed E-state index contributed by atoms with van der Waals surface area (Å²) >= 11 is 0. The van der Waals surface area contributed by atoms with Crippen LogP contribution in [0.4, 0.5) is 5.69 Å². The minimum absolute atomic E-state index is 0.567. The molecule has 3 rings (SSSR count). The van der Waals surface area contributed by atoms with Gasteiger partial charge in [-0.3, -0.25) is 0 Å². The summed E-state index contributed by atoms with van der Waals surface area (Å²) in [6, 6.07) is 6.02. The van der Waals surface area contributed by atoms with Crippen molar-refractivity contribution in [2.24, 2.45) is 0 Å². The standard InChI is InChI=1S/C17H22N2O2/c1-18-13-10-12(11-6-4-5-7-11)19-17-15(21-3)9-8-14(20-2)16(13)17/h8-11H,4-7H2,1-3H3,(H,18,19). The van der Waals surface area contributed by atoms with Crippen LogP contribution in [0.3, 0.4) is 0 Å². The van der Waals surface area contributed by atoms with E-state index in [1.54, 1.807) is 14.2 Å². The van der Waals surface area contributed by atoms with Crippen molar-refractivity contribution in [1.82, 2.24) is 4.98 Å². The largest absolute Gasteiger partial charge is 0.496 e. The molecule has 1 heterocycles. The molecule has 0 aliphatic heterocycles. The topological polar surface area (TPSA) is 43.4 Å². The lowest BCUT2D eigenvalue weighted by atomic mass is 10.0.